The average molecular weight is 514 g/mol. The Kier molecular flexibility index (Phi) is 6.37. The van der Waals surface area contributed by atoms with Crippen molar-refractivity contribution in [3.8, 4) is 17.1 Å². The maximum atomic E-state index is 13.7. The molecule has 0 bridgehead atoms. The molecule has 0 saturated carbocycles. The van der Waals surface area contributed by atoms with Crippen molar-refractivity contribution in [2.75, 3.05) is 50.8 Å². The lowest BCUT2D eigenvalue weighted by molar-refractivity contribution is -0.119. The van der Waals surface area contributed by atoms with E-state index in [0.717, 1.165) is 61.7 Å². The number of rotatable bonds is 7. The summed E-state index contributed by atoms with van der Waals surface area (Å²) in [5.74, 6) is 0.834. The first-order chi connectivity index (χ1) is 18.0. The average Bonchev–Trinajstić information content (AvgIpc) is 3.50. The van der Waals surface area contributed by atoms with Gasteiger partial charge in [0.2, 0.25) is 11.8 Å². The van der Waals surface area contributed by atoms with Crippen LogP contribution in [0.4, 0.5) is 14.6 Å². The van der Waals surface area contributed by atoms with E-state index in [1.807, 2.05) is 19.1 Å². The molecule has 10 nitrogen and oxygen atoms in total. The van der Waals surface area contributed by atoms with Crippen LogP contribution >= 0.6 is 0 Å². The molecule has 1 amide bonds. The van der Waals surface area contributed by atoms with E-state index in [2.05, 4.69) is 30.1 Å². The lowest BCUT2D eigenvalue weighted by Gasteiger charge is -2.42. The predicted octanol–water partition coefficient (Wildman–Crippen LogP) is 2.31. The number of alkyl halides is 2. The van der Waals surface area contributed by atoms with Crippen molar-refractivity contribution in [3.63, 3.8) is 0 Å². The van der Waals surface area contributed by atoms with Gasteiger partial charge in [0, 0.05) is 56.8 Å². The van der Waals surface area contributed by atoms with Gasteiger partial charge in [-0.3, -0.25) is 14.3 Å². The van der Waals surface area contributed by atoms with Crippen molar-refractivity contribution < 1.29 is 23.0 Å². The van der Waals surface area contributed by atoms with Crippen LogP contribution in [0.2, 0.25) is 0 Å². The number of pyridine rings is 2. The highest BCUT2D eigenvalue weighted by molar-refractivity contribution is 5.84. The Morgan fingerprint density at radius 2 is 1.97 bits per heavy atom. The summed E-state index contributed by atoms with van der Waals surface area (Å²) in [6.45, 7) is 4.89. The molecule has 0 radical (unpaired) electrons. The largest absolute Gasteiger partial charge is 0.473 e. The van der Waals surface area contributed by atoms with Gasteiger partial charge in [0.25, 0.3) is 0 Å². The van der Waals surface area contributed by atoms with E-state index in [9.17, 15) is 13.6 Å². The van der Waals surface area contributed by atoms with Crippen LogP contribution in [0.15, 0.2) is 30.7 Å². The predicted molar refractivity (Wildman–Crippen MR) is 132 cm³/mol. The molecule has 3 aliphatic heterocycles. The van der Waals surface area contributed by atoms with Crippen LogP contribution in [0.1, 0.15) is 19.9 Å². The van der Waals surface area contributed by atoms with Crippen molar-refractivity contribution in [1.82, 2.24) is 29.7 Å². The number of hydrogen-bond acceptors (Lipinski definition) is 8. The van der Waals surface area contributed by atoms with E-state index in [4.69, 9.17) is 9.47 Å². The molecule has 37 heavy (non-hydrogen) atoms. The Bertz CT molecular complexity index is 1270. The van der Waals surface area contributed by atoms with Crippen molar-refractivity contribution in [3.05, 3.63) is 30.7 Å². The number of halogens is 2. The van der Waals surface area contributed by atoms with Crippen LogP contribution in [-0.2, 0) is 9.53 Å². The normalized spacial score (nSPS) is 21.9. The fourth-order valence-electron chi connectivity index (χ4n) is 5.11. The molecule has 0 unspecified atom stereocenters. The van der Waals surface area contributed by atoms with Gasteiger partial charge < -0.3 is 19.7 Å². The molecule has 3 saturated heterocycles. The van der Waals surface area contributed by atoms with Gasteiger partial charge in [-0.1, -0.05) is 0 Å². The minimum Gasteiger partial charge on any atom is -0.473 e. The topological polar surface area (TPSA) is 97.6 Å². The summed E-state index contributed by atoms with van der Waals surface area (Å²) in [5, 5.41) is 2.78. The number of imidazole rings is 1. The Balaban J connectivity index is 1.24. The molecule has 2 atom stereocenters. The second-order valence-corrected chi connectivity index (χ2v) is 9.82. The molecule has 6 heterocycles. The number of carbonyl (C=O) groups is 1. The van der Waals surface area contributed by atoms with E-state index in [0.29, 0.717) is 30.2 Å². The molecule has 12 heteroatoms. The van der Waals surface area contributed by atoms with E-state index in [-0.39, 0.29) is 23.2 Å². The summed E-state index contributed by atoms with van der Waals surface area (Å²) in [7, 11) is 0. The van der Waals surface area contributed by atoms with Crippen molar-refractivity contribution in [2.24, 2.45) is 5.92 Å². The molecular formula is C25H29F2N7O3. The van der Waals surface area contributed by atoms with Crippen LogP contribution in [0, 0.1) is 5.92 Å². The molecule has 3 fully saturated rings. The molecule has 6 rings (SSSR count). The maximum Gasteiger partial charge on any atom is 0.320 e. The van der Waals surface area contributed by atoms with Gasteiger partial charge >= 0.3 is 6.55 Å². The van der Waals surface area contributed by atoms with E-state index in [1.165, 1.54) is 0 Å². The zero-order chi connectivity index (χ0) is 25.5. The number of hydrogen-bond donors (Lipinski definition) is 1. The zero-order valence-electron chi connectivity index (χ0n) is 20.5. The standard InChI is InChI=1S/C25H29F2N7O3/c1-15(17-8-22(35)29-11-17)37-24-23-20(30-14-34(23)25(26)27)9-19(31-24)16-2-3-21(28-10-16)33-6-4-32(5-7-33)18-12-36-13-18/h2-3,9-10,14-15,17-18,25H,4-8,11-13H2,1H3,(H,29,35)/t15-,17-/m1/s1. The smallest absolute Gasteiger partial charge is 0.320 e. The van der Waals surface area contributed by atoms with Crippen molar-refractivity contribution in [2.45, 2.75) is 32.0 Å². The molecular weight excluding hydrogens is 484 g/mol. The number of carbonyl (C=O) groups excluding carboxylic acids is 1. The minimum atomic E-state index is -2.79. The summed E-state index contributed by atoms with van der Waals surface area (Å²) < 4.78 is 39.6. The monoisotopic (exact) mass is 513 g/mol. The fraction of sp³-hybridized carbons (Fsp3) is 0.520. The van der Waals surface area contributed by atoms with Crippen molar-refractivity contribution in [1.29, 1.82) is 0 Å². The first-order valence-electron chi connectivity index (χ1n) is 12.6. The Labute approximate surface area is 212 Å². The quantitative estimate of drug-likeness (QED) is 0.514. The number of nitrogens with one attached hydrogen (secondary N) is 1. The molecule has 3 aromatic rings. The lowest BCUT2D eigenvalue weighted by Crippen LogP contribution is -2.56. The van der Waals surface area contributed by atoms with Crippen LogP contribution in [0.3, 0.4) is 0 Å². The SMILES string of the molecule is C[C@@H](Oc1nc(-c2ccc(N3CCN(C4COC4)CC3)nc2)cc2ncn(C(F)F)c12)[C@H]1CNC(=O)C1. The molecule has 1 N–H and O–H groups in total. The summed E-state index contributed by atoms with van der Waals surface area (Å²) in [5.41, 5.74) is 1.75. The van der Waals surface area contributed by atoms with E-state index < -0.39 is 12.7 Å². The van der Waals surface area contributed by atoms with E-state index in [1.54, 1.807) is 12.3 Å². The zero-order valence-corrected chi connectivity index (χ0v) is 20.5. The third-order valence-corrected chi connectivity index (χ3v) is 7.52. The highest BCUT2D eigenvalue weighted by Crippen LogP contribution is 2.33. The number of nitrogens with zero attached hydrogens (tertiary/aromatic N) is 6. The molecule has 3 aliphatic rings. The fourth-order valence-corrected chi connectivity index (χ4v) is 5.11. The van der Waals surface area contributed by atoms with Crippen LogP contribution in [0.5, 0.6) is 5.88 Å². The summed E-state index contributed by atoms with van der Waals surface area (Å²) in [4.78, 5) is 29.8. The summed E-state index contributed by atoms with van der Waals surface area (Å²) in [6, 6.07) is 6.10. The lowest BCUT2D eigenvalue weighted by atomic mass is 10.0. The van der Waals surface area contributed by atoms with Gasteiger partial charge in [0.05, 0.1) is 30.5 Å². The third kappa shape index (κ3) is 4.71. The highest BCUT2D eigenvalue weighted by atomic mass is 19.3. The number of fused-ring (bicyclic) bond motifs is 1. The second-order valence-electron chi connectivity index (χ2n) is 9.82. The summed E-state index contributed by atoms with van der Waals surface area (Å²) in [6.07, 6.45) is 2.76. The molecule has 196 valence electrons. The molecule has 0 aromatic carbocycles. The Morgan fingerprint density at radius 3 is 2.59 bits per heavy atom. The number of aromatic nitrogens is 4. The van der Waals surface area contributed by atoms with Gasteiger partial charge in [-0.25, -0.2) is 15.0 Å². The molecule has 3 aromatic heterocycles. The molecule has 0 spiro atoms. The minimum absolute atomic E-state index is 0.0467. The Hall–Kier alpha value is -3.38. The van der Waals surface area contributed by atoms with Crippen LogP contribution in [-0.4, -0.2) is 88.4 Å². The Morgan fingerprint density at radius 1 is 1.16 bits per heavy atom. The van der Waals surface area contributed by atoms with Crippen LogP contribution in [0.25, 0.3) is 22.3 Å². The molecule has 0 aliphatic carbocycles. The van der Waals surface area contributed by atoms with Gasteiger partial charge in [-0.2, -0.15) is 8.78 Å². The van der Waals surface area contributed by atoms with E-state index >= 15 is 0 Å². The first kappa shape index (κ1) is 24.0. The highest BCUT2D eigenvalue weighted by Gasteiger charge is 2.31. The van der Waals surface area contributed by atoms with Crippen LogP contribution < -0.4 is 15.0 Å². The van der Waals surface area contributed by atoms with Gasteiger partial charge in [0.15, 0.2) is 0 Å². The third-order valence-electron chi connectivity index (χ3n) is 7.52. The number of piperazine rings is 1. The second kappa shape index (κ2) is 9.82. The van der Waals surface area contributed by atoms with Crippen molar-refractivity contribution >= 4 is 22.8 Å². The number of amides is 1. The number of anilines is 1. The van der Waals surface area contributed by atoms with Gasteiger partial charge in [0.1, 0.15) is 23.8 Å². The van der Waals surface area contributed by atoms with Gasteiger partial charge in [-0.05, 0) is 25.1 Å². The first-order valence-corrected chi connectivity index (χ1v) is 12.6. The van der Waals surface area contributed by atoms with Gasteiger partial charge in [-0.15, -0.1) is 0 Å². The maximum absolute atomic E-state index is 13.7. The summed E-state index contributed by atoms with van der Waals surface area (Å²) >= 11 is 0. The number of ether oxygens (including phenoxy) is 2.